The van der Waals surface area contributed by atoms with E-state index in [0.29, 0.717) is 18.1 Å². The lowest BCUT2D eigenvalue weighted by atomic mass is 9.96. The Morgan fingerprint density at radius 2 is 0.919 bits per heavy atom. The van der Waals surface area contributed by atoms with Crippen LogP contribution in [0.1, 0.15) is 119 Å². The highest BCUT2D eigenvalue weighted by Crippen LogP contribution is 2.15. The Morgan fingerprint density at radius 1 is 0.541 bits per heavy atom. The highest BCUT2D eigenvalue weighted by molar-refractivity contribution is 6.05. The molecule has 0 saturated heterocycles. The minimum absolute atomic E-state index is 0.0378. The van der Waals surface area contributed by atoms with Crippen LogP contribution in [0.5, 0.6) is 0 Å². The lowest BCUT2D eigenvalue weighted by Crippen LogP contribution is -2.17. The summed E-state index contributed by atoms with van der Waals surface area (Å²) in [5.74, 6) is -1.08. The van der Waals surface area contributed by atoms with Crippen molar-refractivity contribution in [3.05, 3.63) is 69.9 Å². The predicted octanol–water partition coefficient (Wildman–Crippen LogP) is 9.56. The van der Waals surface area contributed by atoms with Crippen LogP contribution in [0.2, 0.25) is 0 Å². The van der Waals surface area contributed by atoms with E-state index in [4.69, 9.17) is 0 Å². The van der Waals surface area contributed by atoms with Gasteiger partial charge >= 0.3 is 0 Å². The summed E-state index contributed by atoms with van der Waals surface area (Å²) in [7, 11) is 0. The fraction of sp³-hybridized carbons (Fsp3) is 0.559. The first-order valence-electron chi connectivity index (χ1n) is 14.0. The van der Waals surface area contributed by atoms with Gasteiger partial charge in [-0.05, 0) is 118 Å². The molecule has 1 atom stereocenters. The Hall–Kier alpha value is -2.55. The average Bonchev–Trinajstić information content (AvgIpc) is 2.84. The van der Waals surface area contributed by atoms with Crippen LogP contribution in [0.4, 0.5) is 0 Å². The smallest absolute Gasteiger partial charge is 0.168 e. The second kappa shape index (κ2) is 21.5. The molecule has 0 radical (unpaired) electrons. The normalized spacial score (nSPS) is 14.4. The van der Waals surface area contributed by atoms with Gasteiger partial charge in [-0.2, -0.15) is 0 Å². The van der Waals surface area contributed by atoms with Crippen molar-refractivity contribution in [2.45, 2.75) is 119 Å². The molecule has 206 valence electrons. The van der Waals surface area contributed by atoms with Gasteiger partial charge in [-0.3, -0.25) is 4.79 Å². The van der Waals surface area contributed by atoms with Crippen molar-refractivity contribution in [2.75, 3.05) is 0 Å². The number of aldehydes is 2. The van der Waals surface area contributed by atoms with E-state index < -0.39 is 5.92 Å². The van der Waals surface area contributed by atoms with E-state index in [1.807, 2.05) is 6.08 Å². The van der Waals surface area contributed by atoms with Crippen molar-refractivity contribution in [3.8, 4) is 0 Å². The minimum atomic E-state index is -0.839. The summed E-state index contributed by atoms with van der Waals surface area (Å²) in [6, 6.07) is 0. The number of unbranched alkanes of at least 4 members (excludes halogenated alkanes) is 1. The summed E-state index contributed by atoms with van der Waals surface area (Å²) in [4.78, 5) is 33.7. The largest absolute Gasteiger partial charge is 0.303 e. The molecule has 37 heavy (non-hydrogen) atoms. The van der Waals surface area contributed by atoms with Crippen molar-refractivity contribution in [2.24, 2.45) is 5.92 Å². The molecule has 0 aromatic heterocycles. The van der Waals surface area contributed by atoms with Crippen LogP contribution in [0.25, 0.3) is 0 Å². The SMILES string of the molecule is CC(C)=CCC/C(C)=C/CC/C(C)=C/CC/C=C(\C)CC/C=C(\C)CCC=C(C)C(=O)C(C=O)CC=O. The van der Waals surface area contributed by atoms with Crippen molar-refractivity contribution in [1.29, 1.82) is 0 Å². The zero-order valence-corrected chi connectivity index (χ0v) is 24.7. The van der Waals surface area contributed by atoms with Crippen LogP contribution < -0.4 is 0 Å². The predicted molar refractivity (Wildman–Crippen MR) is 160 cm³/mol. The summed E-state index contributed by atoms with van der Waals surface area (Å²) in [6.07, 6.45) is 25.3. The van der Waals surface area contributed by atoms with Crippen molar-refractivity contribution >= 4 is 18.4 Å². The first kappa shape index (κ1) is 34.5. The molecule has 0 aromatic rings. The first-order valence-corrected chi connectivity index (χ1v) is 14.0. The van der Waals surface area contributed by atoms with E-state index >= 15 is 0 Å². The van der Waals surface area contributed by atoms with Gasteiger partial charge in [-0.15, -0.1) is 0 Å². The number of Topliss-reactive ketones (excluding diaryl/α,β-unsaturated/α-hetero) is 1. The number of ketones is 1. The van der Waals surface area contributed by atoms with Gasteiger partial charge < -0.3 is 9.59 Å². The molecule has 0 rings (SSSR count). The Bertz CT molecular complexity index is 886. The number of allylic oxidation sites excluding steroid dienone is 12. The Balaban J connectivity index is 4.28. The molecular formula is C34H52O3. The number of carbonyl (C=O) groups is 3. The zero-order chi connectivity index (χ0) is 28.1. The lowest BCUT2D eigenvalue weighted by molar-refractivity contribution is -0.127. The Morgan fingerprint density at radius 3 is 1.30 bits per heavy atom. The van der Waals surface area contributed by atoms with Crippen LogP contribution in [0.3, 0.4) is 0 Å². The van der Waals surface area contributed by atoms with Gasteiger partial charge in [0.05, 0.1) is 5.92 Å². The summed E-state index contributed by atoms with van der Waals surface area (Å²) >= 11 is 0. The van der Waals surface area contributed by atoms with Crippen LogP contribution in [0.15, 0.2) is 69.9 Å². The molecule has 0 fully saturated rings. The van der Waals surface area contributed by atoms with E-state index in [0.717, 1.165) is 64.2 Å². The van der Waals surface area contributed by atoms with Crippen LogP contribution in [-0.2, 0) is 14.4 Å². The van der Waals surface area contributed by atoms with Gasteiger partial charge in [0, 0.05) is 6.42 Å². The zero-order valence-electron chi connectivity index (χ0n) is 24.7. The molecule has 0 saturated carbocycles. The molecule has 0 aliphatic rings. The third-order valence-electron chi connectivity index (χ3n) is 6.54. The summed E-state index contributed by atoms with van der Waals surface area (Å²) in [6.45, 7) is 14.9. The standard InChI is InChI=1S/C34H52O3/c1-27(2)14-10-17-30(5)20-11-18-28(3)15-8-9-16-29(4)19-12-21-31(6)22-13-23-32(7)34(37)33(26-36)24-25-35/h14-16,20-21,23,25-26,33H,8-13,17-19,22,24H2,1-7H3/b28-15+,29-16+,30-20+,31-21+,32-23?. The third kappa shape index (κ3) is 19.3. The van der Waals surface area contributed by atoms with Crippen molar-refractivity contribution < 1.29 is 14.4 Å². The fourth-order valence-corrected chi connectivity index (χ4v) is 3.99. The van der Waals surface area contributed by atoms with E-state index in [9.17, 15) is 14.4 Å². The minimum Gasteiger partial charge on any atom is -0.303 e. The van der Waals surface area contributed by atoms with Crippen LogP contribution >= 0.6 is 0 Å². The first-order chi connectivity index (χ1) is 17.6. The second-order valence-electron chi connectivity index (χ2n) is 10.6. The molecule has 0 bridgehead atoms. The summed E-state index contributed by atoms with van der Waals surface area (Å²) in [5, 5.41) is 0. The molecule has 0 N–H and O–H groups in total. The van der Waals surface area contributed by atoms with E-state index in [1.165, 1.54) is 27.9 Å². The van der Waals surface area contributed by atoms with Gasteiger partial charge in [-0.1, -0.05) is 64.3 Å². The number of hydrogen-bond donors (Lipinski definition) is 0. The molecule has 0 spiro atoms. The van der Waals surface area contributed by atoms with Gasteiger partial charge in [-0.25, -0.2) is 0 Å². The number of carbonyl (C=O) groups excluding carboxylic acids is 3. The van der Waals surface area contributed by atoms with Crippen molar-refractivity contribution in [3.63, 3.8) is 0 Å². The molecule has 0 aliphatic carbocycles. The van der Waals surface area contributed by atoms with Gasteiger partial charge in [0.2, 0.25) is 0 Å². The number of rotatable bonds is 20. The molecule has 0 aliphatic heterocycles. The van der Waals surface area contributed by atoms with E-state index in [2.05, 4.69) is 71.9 Å². The fourth-order valence-electron chi connectivity index (χ4n) is 3.99. The molecule has 0 aromatic carbocycles. The molecule has 3 heteroatoms. The van der Waals surface area contributed by atoms with Gasteiger partial charge in [0.15, 0.2) is 5.78 Å². The summed E-state index contributed by atoms with van der Waals surface area (Å²) < 4.78 is 0. The Kier molecular flexibility index (Phi) is 20.0. The third-order valence-corrected chi connectivity index (χ3v) is 6.54. The molecule has 3 nitrogen and oxygen atoms in total. The van der Waals surface area contributed by atoms with E-state index in [-0.39, 0.29) is 12.2 Å². The Labute approximate surface area is 227 Å². The van der Waals surface area contributed by atoms with Crippen molar-refractivity contribution in [1.82, 2.24) is 0 Å². The maximum atomic E-state index is 12.2. The molecule has 0 heterocycles. The quantitative estimate of drug-likeness (QED) is 0.0541. The van der Waals surface area contributed by atoms with Crippen LogP contribution in [-0.4, -0.2) is 18.4 Å². The molecule has 1 unspecified atom stereocenters. The average molecular weight is 509 g/mol. The highest BCUT2D eigenvalue weighted by Gasteiger charge is 2.18. The second-order valence-corrected chi connectivity index (χ2v) is 10.6. The van der Waals surface area contributed by atoms with Crippen LogP contribution in [0, 0.1) is 5.92 Å². The monoisotopic (exact) mass is 508 g/mol. The summed E-state index contributed by atoms with van der Waals surface area (Å²) in [5.41, 5.74) is 7.68. The lowest BCUT2D eigenvalue weighted by Gasteiger charge is -2.06. The van der Waals surface area contributed by atoms with Gasteiger partial charge in [0.1, 0.15) is 12.6 Å². The highest BCUT2D eigenvalue weighted by atomic mass is 16.1. The topological polar surface area (TPSA) is 51.2 Å². The maximum Gasteiger partial charge on any atom is 0.168 e. The van der Waals surface area contributed by atoms with Gasteiger partial charge in [0.25, 0.3) is 0 Å². The molecular weight excluding hydrogens is 456 g/mol. The maximum absolute atomic E-state index is 12.2. The number of hydrogen-bond acceptors (Lipinski definition) is 3. The molecule has 0 amide bonds. The van der Waals surface area contributed by atoms with E-state index in [1.54, 1.807) is 6.92 Å².